The number of rotatable bonds is 3. The van der Waals surface area contributed by atoms with E-state index in [1.165, 1.54) is 40.6 Å². The standard InChI is InChI=1S/C19H20BrN3/c1-12(13-7-9-21-10-8-13)22-18-4-2-3-15-16-11-14(20)5-6-17(16)23-19(15)18/h5-12,18,22-23H,2-4H2,1H3/t12-,18?/m1/s1. The molecule has 118 valence electrons. The van der Waals surface area contributed by atoms with Crippen molar-refractivity contribution in [2.24, 2.45) is 0 Å². The largest absolute Gasteiger partial charge is 0.357 e. The van der Waals surface area contributed by atoms with E-state index >= 15 is 0 Å². The smallest absolute Gasteiger partial charge is 0.0480 e. The number of hydrogen-bond acceptors (Lipinski definition) is 2. The van der Waals surface area contributed by atoms with Crippen molar-refractivity contribution >= 4 is 26.8 Å². The molecule has 0 saturated carbocycles. The Balaban J connectivity index is 1.66. The zero-order valence-electron chi connectivity index (χ0n) is 13.1. The fraction of sp³-hybridized carbons (Fsp3) is 0.316. The van der Waals surface area contributed by atoms with Crippen molar-refractivity contribution in [1.29, 1.82) is 0 Å². The molecule has 0 spiro atoms. The van der Waals surface area contributed by atoms with Crippen molar-refractivity contribution in [3.63, 3.8) is 0 Å². The quantitative estimate of drug-likeness (QED) is 0.677. The van der Waals surface area contributed by atoms with Crippen LogP contribution in [-0.4, -0.2) is 9.97 Å². The van der Waals surface area contributed by atoms with E-state index in [-0.39, 0.29) is 0 Å². The average Bonchev–Trinajstić information content (AvgIpc) is 2.95. The summed E-state index contributed by atoms with van der Waals surface area (Å²) in [5, 5.41) is 5.15. The summed E-state index contributed by atoms with van der Waals surface area (Å²) >= 11 is 3.60. The molecular formula is C19H20BrN3. The maximum absolute atomic E-state index is 4.11. The average molecular weight is 370 g/mol. The van der Waals surface area contributed by atoms with E-state index in [0.717, 1.165) is 10.9 Å². The second-order valence-electron chi connectivity index (χ2n) is 6.32. The van der Waals surface area contributed by atoms with Gasteiger partial charge in [0.15, 0.2) is 0 Å². The summed E-state index contributed by atoms with van der Waals surface area (Å²) < 4.78 is 1.15. The Morgan fingerprint density at radius 1 is 1.26 bits per heavy atom. The molecule has 3 aromatic rings. The van der Waals surface area contributed by atoms with Gasteiger partial charge in [-0.15, -0.1) is 0 Å². The lowest BCUT2D eigenvalue weighted by Gasteiger charge is -2.27. The minimum Gasteiger partial charge on any atom is -0.357 e. The topological polar surface area (TPSA) is 40.7 Å². The lowest BCUT2D eigenvalue weighted by atomic mass is 9.91. The van der Waals surface area contributed by atoms with Crippen LogP contribution in [0.5, 0.6) is 0 Å². The molecule has 1 unspecified atom stereocenters. The SMILES string of the molecule is C[C@@H](NC1CCCc2c1[nH]c1ccc(Br)cc21)c1ccncc1. The van der Waals surface area contributed by atoms with Crippen molar-refractivity contribution < 1.29 is 0 Å². The molecule has 2 atom stereocenters. The van der Waals surface area contributed by atoms with E-state index in [1.54, 1.807) is 0 Å². The van der Waals surface area contributed by atoms with Gasteiger partial charge in [-0.05, 0) is 67.6 Å². The molecule has 1 aliphatic carbocycles. The number of aromatic nitrogens is 2. The van der Waals surface area contributed by atoms with Crippen LogP contribution in [0.25, 0.3) is 10.9 Å². The number of aryl methyl sites for hydroxylation is 1. The van der Waals surface area contributed by atoms with Gasteiger partial charge >= 0.3 is 0 Å². The molecule has 2 N–H and O–H groups in total. The summed E-state index contributed by atoms with van der Waals surface area (Å²) in [6.45, 7) is 2.23. The zero-order chi connectivity index (χ0) is 15.8. The highest BCUT2D eigenvalue weighted by Crippen LogP contribution is 2.36. The van der Waals surface area contributed by atoms with Gasteiger partial charge in [0.25, 0.3) is 0 Å². The fourth-order valence-electron chi connectivity index (χ4n) is 3.65. The van der Waals surface area contributed by atoms with Gasteiger partial charge in [0, 0.05) is 45.5 Å². The Hall–Kier alpha value is -1.65. The Morgan fingerprint density at radius 2 is 2.09 bits per heavy atom. The van der Waals surface area contributed by atoms with Crippen LogP contribution in [0, 0.1) is 0 Å². The fourth-order valence-corrected chi connectivity index (χ4v) is 4.01. The highest BCUT2D eigenvalue weighted by molar-refractivity contribution is 9.10. The molecule has 0 radical (unpaired) electrons. The molecule has 1 aliphatic rings. The molecule has 2 heterocycles. The first kappa shape index (κ1) is 14.9. The molecule has 3 nitrogen and oxygen atoms in total. The van der Waals surface area contributed by atoms with E-state index in [4.69, 9.17) is 0 Å². The second kappa shape index (κ2) is 6.10. The maximum atomic E-state index is 4.11. The van der Waals surface area contributed by atoms with Crippen molar-refractivity contribution in [3.05, 3.63) is 64.0 Å². The van der Waals surface area contributed by atoms with Gasteiger partial charge in [-0.1, -0.05) is 15.9 Å². The summed E-state index contributed by atoms with van der Waals surface area (Å²) in [4.78, 5) is 7.76. The summed E-state index contributed by atoms with van der Waals surface area (Å²) in [6, 6.07) is 11.4. The number of aromatic amines is 1. The van der Waals surface area contributed by atoms with Crippen molar-refractivity contribution in [2.75, 3.05) is 0 Å². The summed E-state index contributed by atoms with van der Waals surface area (Å²) in [5.41, 5.74) is 5.37. The third kappa shape index (κ3) is 2.81. The van der Waals surface area contributed by atoms with E-state index in [0.29, 0.717) is 12.1 Å². The normalized spacial score (nSPS) is 18.8. The Kier molecular flexibility index (Phi) is 3.95. The number of H-pyrrole nitrogens is 1. The Morgan fingerprint density at radius 3 is 2.91 bits per heavy atom. The lowest BCUT2D eigenvalue weighted by molar-refractivity contribution is 0.410. The summed E-state index contributed by atoms with van der Waals surface area (Å²) in [6.07, 6.45) is 7.29. The third-order valence-electron chi connectivity index (χ3n) is 4.83. The predicted molar refractivity (Wildman–Crippen MR) is 97.5 cm³/mol. The van der Waals surface area contributed by atoms with E-state index in [9.17, 15) is 0 Å². The number of hydrogen-bond donors (Lipinski definition) is 2. The molecule has 2 aromatic heterocycles. The lowest BCUT2D eigenvalue weighted by Crippen LogP contribution is -2.27. The minimum absolute atomic E-state index is 0.312. The zero-order valence-corrected chi connectivity index (χ0v) is 14.7. The number of benzene rings is 1. The molecule has 0 amide bonds. The molecule has 0 aliphatic heterocycles. The van der Waals surface area contributed by atoms with Gasteiger partial charge in [-0.3, -0.25) is 4.98 Å². The number of fused-ring (bicyclic) bond motifs is 3. The van der Waals surface area contributed by atoms with Crippen LogP contribution in [0.15, 0.2) is 47.2 Å². The van der Waals surface area contributed by atoms with E-state index < -0.39 is 0 Å². The molecule has 0 fully saturated rings. The molecule has 1 aromatic carbocycles. The third-order valence-corrected chi connectivity index (χ3v) is 5.32. The van der Waals surface area contributed by atoms with Crippen molar-refractivity contribution in [3.8, 4) is 0 Å². The van der Waals surface area contributed by atoms with Crippen LogP contribution < -0.4 is 5.32 Å². The van der Waals surface area contributed by atoms with Crippen LogP contribution in [0.4, 0.5) is 0 Å². The number of nitrogens with zero attached hydrogens (tertiary/aromatic N) is 1. The second-order valence-corrected chi connectivity index (χ2v) is 7.24. The van der Waals surface area contributed by atoms with E-state index in [1.807, 2.05) is 12.4 Å². The van der Waals surface area contributed by atoms with Gasteiger partial charge in [0.05, 0.1) is 0 Å². The molecule has 0 bridgehead atoms. The summed E-state index contributed by atoms with van der Waals surface area (Å²) in [7, 11) is 0. The van der Waals surface area contributed by atoms with Gasteiger partial charge in [-0.25, -0.2) is 0 Å². The molecule has 23 heavy (non-hydrogen) atoms. The Labute approximate surface area is 144 Å². The van der Waals surface area contributed by atoms with Crippen molar-refractivity contribution in [1.82, 2.24) is 15.3 Å². The first-order valence-electron chi connectivity index (χ1n) is 8.18. The highest BCUT2D eigenvalue weighted by atomic mass is 79.9. The molecule has 0 saturated heterocycles. The first-order valence-corrected chi connectivity index (χ1v) is 8.97. The van der Waals surface area contributed by atoms with Crippen LogP contribution in [0.2, 0.25) is 0 Å². The molecular weight excluding hydrogens is 350 g/mol. The predicted octanol–water partition coefficient (Wildman–Crippen LogP) is 5.05. The van der Waals surface area contributed by atoms with Crippen LogP contribution in [-0.2, 0) is 6.42 Å². The highest BCUT2D eigenvalue weighted by Gasteiger charge is 2.25. The van der Waals surface area contributed by atoms with Crippen LogP contribution in [0.3, 0.4) is 0 Å². The summed E-state index contributed by atoms with van der Waals surface area (Å²) in [5.74, 6) is 0. The molecule has 4 rings (SSSR count). The van der Waals surface area contributed by atoms with Gasteiger partial charge < -0.3 is 10.3 Å². The van der Waals surface area contributed by atoms with Gasteiger partial charge in [0.2, 0.25) is 0 Å². The number of halogens is 1. The van der Waals surface area contributed by atoms with Crippen molar-refractivity contribution in [2.45, 2.75) is 38.3 Å². The first-order chi connectivity index (χ1) is 11.2. The van der Waals surface area contributed by atoms with Gasteiger partial charge in [0.1, 0.15) is 0 Å². The van der Waals surface area contributed by atoms with E-state index in [2.05, 4.69) is 68.5 Å². The number of pyridine rings is 1. The molecule has 4 heteroatoms. The van der Waals surface area contributed by atoms with Crippen LogP contribution in [0.1, 0.15) is 48.7 Å². The maximum Gasteiger partial charge on any atom is 0.0480 e. The minimum atomic E-state index is 0.312. The Bertz CT molecular complexity index is 825. The van der Waals surface area contributed by atoms with Gasteiger partial charge in [-0.2, -0.15) is 0 Å². The number of nitrogens with one attached hydrogen (secondary N) is 2. The monoisotopic (exact) mass is 369 g/mol. The van der Waals surface area contributed by atoms with Crippen LogP contribution >= 0.6 is 15.9 Å².